The highest BCUT2D eigenvalue weighted by atomic mass is 16.6. The molecule has 0 bridgehead atoms. The number of carbonyl (C=O) groups excluding carboxylic acids is 3. The molecule has 0 aliphatic carbocycles. The molecular formula is C46H58N8O8. The van der Waals surface area contributed by atoms with Crippen molar-refractivity contribution >= 4 is 39.7 Å². The SMILES string of the molecule is COC[C@H]1C[C@@H](c2nc3c(ccc4cc5c(cc43)OCc3cc(-c4cnc([C@@H]6CC[C@H](C)N6C(=O)[C@@H](NC(O)OC)C(C)C)[nH]4)ccc3-5)[nH]2)N(C(=O)[C@@H](NC(=O)OC)C(C)C)C1. The van der Waals surface area contributed by atoms with Crippen LogP contribution in [0.1, 0.15) is 83.2 Å². The van der Waals surface area contributed by atoms with E-state index in [1.54, 1.807) is 7.11 Å². The van der Waals surface area contributed by atoms with E-state index in [1.165, 1.54) is 14.2 Å². The number of likely N-dealkylation sites (tertiary alicyclic amines) is 2. The molecule has 7 atom stereocenters. The van der Waals surface area contributed by atoms with E-state index in [4.69, 9.17) is 28.9 Å². The molecule has 1 unspecified atom stereocenters. The van der Waals surface area contributed by atoms with E-state index in [0.717, 1.165) is 74.2 Å². The maximum atomic E-state index is 14.1. The minimum Gasteiger partial charge on any atom is -0.488 e. The summed E-state index contributed by atoms with van der Waals surface area (Å²) in [6, 6.07) is 12.7. The van der Waals surface area contributed by atoms with Crippen LogP contribution < -0.4 is 15.4 Å². The third-order valence-electron chi connectivity index (χ3n) is 12.8. The third-order valence-corrected chi connectivity index (χ3v) is 12.8. The highest BCUT2D eigenvalue weighted by molar-refractivity contribution is 6.07. The van der Waals surface area contributed by atoms with Crippen LogP contribution in [-0.2, 0) is 30.4 Å². The Balaban J connectivity index is 1.05. The number of amides is 3. The average molecular weight is 851 g/mol. The second kappa shape index (κ2) is 17.7. The zero-order valence-electron chi connectivity index (χ0n) is 36.7. The number of aromatic nitrogens is 4. The molecule has 3 aromatic carbocycles. The first-order valence-corrected chi connectivity index (χ1v) is 21.5. The number of fused-ring (bicyclic) bond motifs is 6. The van der Waals surface area contributed by atoms with E-state index >= 15 is 0 Å². The predicted octanol–water partition coefficient (Wildman–Crippen LogP) is 6.17. The van der Waals surface area contributed by atoms with Crippen LogP contribution in [0.3, 0.4) is 0 Å². The molecule has 16 nitrogen and oxygen atoms in total. The first-order valence-electron chi connectivity index (χ1n) is 21.5. The molecule has 5 N–H and O–H groups in total. The van der Waals surface area contributed by atoms with Gasteiger partial charge in [-0.15, -0.1) is 0 Å². The van der Waals surface area contributed by atoms with Gasteiger partial charge in [0.2, 0.25) is 18.2 Å². The number of imidazole rings is 2. The zero-order chi connectivity index (χ0) is 44.0. The van der Waals surface area contributed by atoms with Crippen LogP contribution in [0.4, 0.5) is 4.79 Å². The number of nitrogens with one attached hydrogen (secondary N) is 4. The Labute approximate surface area is 361 Å². The van der Waals surface area contributed by atoms with Gasteiger partial charge in [-0.1, -0.05) is 45.9 Å². The Bertz CT molecular complexity index is 2460. The quantitative estimate of drug-likeness (QED) is 0.0850. The third kappa shape index (κ3) is 8.12. The van der Waals surface area contributed by atoms with Crippen molar-refractivity contribution < 1.29 is 38.4 Å². The van der Waals surface area contributed by atoms with Crippen LogP contribution in [0.15, 0.2) is 48.7 Å². The number of aromatic amines is 2. The summed E-state index contributed by atoms with van der Waals surface area (Å²) in [6.45, 7) is 11.1. The van der Waals surface area contributed by atoms with Crippen molar-refractivity contribution in [2.24, 2.45) is 17.8 Å². The fraction of sp³-hybridized carbons (Fsp3) is 0.500. The lowest BCUT2D eigenvalue weighted by Gasteiger charge is -2.34. The Hall–Kier alpha value is -5.55. The van der Waals surface area contributed by atoms with Crippen LogP contribution in [0.2, 0.25) is 0 Å². The number of benzene rings is 3. The number of rotatable bonds is 13. The Morgan fingerprint density at radius 2 is 1.73 bits per heavy atom. The average Bonchev–Trinajstić information content (AvgIpc) is 4.09. The summed E-state index contributed by atoms with van der Waals surface area (Å²) in [5.74, 6) is 1.75. The summed E-state index contributed by atoms with van der Waals surface area (Å²) < 4.78 is 21.8. The lowest BCUT2D eigenvalue weighted by atomic mass is 9.92. The molecule has 2 fully saturated rings. The Kier molecular flexibility index (Phi) is 12.3. The monoisotopic (exact) mass is 850 g/mol. The first kappa shape index (κ1) is 43.1. The summed E-state index contributed by atoms with van der Waals surface area (Å²) in [6.07, 6.45) is 2.20. The number of alkyl carbamates (subject to hydrolysis) is 1. The highest BCUT2D eigenvalue weighted by Gasteiger charge is 2.43. The summed E-state index contributed by atoms with van der Waals surface area (Å²) in [5.41, 5.74) is 6.55. The van der Waals surface area contributed by atoms with Gasteiger partial charge in [-0.3, -0.25) is 14.9 Å². The van der Waals surface area contributed by atoms with Crippen molar-refractivity contribution in [3.8, 4) is 28.1 Å². The summed E-state index contributed by atoms with van der Waals surface area (Å²) in [7, 11) is 4.34. The van der Waals surface area contributed by atoms with Crippen LogP contribution in [0.5, 0.6) is 5.75 Å². The molecule has 2 aromatic heterocycles. The van der Waals surface area contributed by atoms with Crippen molar-refractivity contribution in [2.75, 3.05) is 34.5 Å². The van der Waals surface area contributed by atoms with Gasteiger partial charge in [0.15, 0.2) is 0 Å². The molecule has 330 valence electrons. The van der Waals surface area contributed by atoms with Gasteiger partial charge in [0.05, 0.1) is 54.8 Å². The van der Waals surface area contributed by atoms with Crippen molar-refractivity contribution in [1.29, 1.82) is 0 Å². The maximum absolute atomic E-state index is 14.1. The molecule has 5 heterocycles. The van der Waals surface area contributed by atoms with E-state index in [2.05, 4.69) is 63.9 Å². The molecule has 2 saturated heterocycles. The van der Waals surface area contributed by atoms with Crippen LogP contribution in [-0.4, -0.2) is 112 Å². The van der Waals surface area contributed by atoms with Gasteiger partial charge in [-0.25, -0.2) is 14.8 Å². The van der Waals surface area contributed by atoms with Gasteiger partial charge in [-0.05, 0) is 84.4 Å². The van der Waals surface area contributed by atoms with Crippen LogP contribution >= 0.6 is 0 Å². The fourth-order valence-corrected chi connectivity index (χ4v) is 9.50. The number of nitrogens with zero attached hydrogens (tertiary/aromatic N) is 4. The first-order chi connectivity index (χ1) is 29.8. The highest BCUT2D eigenvalue weighted by Crippen LogP contribution is 2.44. The second-order valence-corrected chi connectivity index (χ2v) is 17.6. The minimum absolute atomic E-state index is 0.00929. The molecule has 3 aliphatic heterocycles. The van der Waals surface area contributed by atoms with Gasteiger partial charge in [0.1, 0.15) is 30.0 Å². The van der Waals surface area contributed by atoms with E-state index in [-0.39, 0.29) is 47.7 Å². The molecule has 16 heteroatoms. The predicted molar refractivity (Wildman–Crippen MR) is 233 cm³/mol. The number of methoxy groups -OCH3 is 3. The molecule has 0 radical (unpaired) electrons. The smallest absolute Gasteiger partial charge is 0.407 e. The summed E-state index contributed by atoms with van der Waals surface area (Å²) in [5, 5.41) is 17.7. The van der Waals surface area contributed by atoms with E-state index < -0.39 is 24.6 Å². The molecule has 5 aromatic rings. The molecule has 62 heavy (non-hydrogen) atoms. The van der Waals surface area contributed by atoms with Gasteiger partial charge in [0, 0.05) is 43.7 Å². The lowest BCUT2D eigenvalue weighted by molar-refractivity contribution is -0.146. The van der Waals surface area contributed by atoms with Crippen LogP contribution in [0, 0.1) is 17.8 Å². The minimum atomic E-state index is -1.25. The van der Waals surface area contributed by atoms with Gasteiger partial charge in [0.25, 0.3) is 0 Å². The summed E-state index contributed by atoms with van der Waals surface area (Å²) >= 11 is 0. The number of aliphatic hydroxyl groups is 1. The topological polar surface area (TPSA) is 196 Å². The largest absolute Gasteiger partial charge is 0.488 e. The van der Waals surface area contributed by atoms with E-state index in [0.29, 0.717) is 32.0 Å². The van der Waals surface area contributed by atoms with E-state index in [9.17, 15) is 19.5 Å². The van der Waals surface area contributed by atoms with Crippen molar-refractivity contribution in [3.05, 3.63) is 65.9 Å². The standard InChI is InChI=1S/C46H58N8O8/c1-23(2)38(51-45(57)60-7)43(55)53-20-26(21-59-6)15-36(53)42-48-33-13-11-27-17-32-30-12-10-28(16-29(30)22-62-37(32)18-31(27)40(33)50-42)34-19-47-41(49-34)35-14-9-25(5)54(35)44(56)39(24(3)4)52-46(58)61-8/h10-13,16-19,23-26,35-36,38-39,46,52,58H,9,14-15,20-22H2,1-8H3,(H,47,49)(H,48,50)(H,51,57)/t25-,26-,35-,36-,38-,39-,46?/m0/s1. The lowest BCUT2D eigenvalue weighted by Crippen LogP contribution is -2.54. The van der Waals surface area contributed by atoms with Crippen molar-refractivity contribution in [2.45, 2.75) is 97.1 Å². The Morgan fingerprint density at radius 3 is 2.45 bits per heavy atom. The Morgan fingerprint density at radius 1 is 0.935 bits per heavy atom. The number of H-pyrrole nitrogens is 2. The number of hydrogen-bond acceptors (Lipinski definition) is 11. The number of ether oxygens (including phenoxy) is 4. The molecule has 0 saturated carbocycles. The molecule has 3 amide bonds. The van der Waals surface area contributed by atoms with Gasteiger partial charge < -0.3 is 49.1 Å². The second-order valence-electron chi connectivity index (χ2n) is 17.6. The fourth-order valence-electron chi connectivity index (χ4n) is 9.50. The van der Waals surface area contributed by atoms with Gasteiger partial charge in [-0.2, -0.15) is 0 Å². The normalized spacial score (nSPS) is 21.3. The summed E-state index contributed by atoms with van der Waals surface area (Å²) in [4.78, 5) is 60.9. The molecule has 0 spiro atoms. The van der Waals surface area contributed by atoms with Crippen molar-refractivity contribution in [3.63, 3.8) is 0 Å². The van der Waals surface area contributed by atoms with Crippen molar-refractivity contribution in [1.82, 2.24) is 40.4 Å². The number of hydrogen-bond donors (Lipinski definition) is 5. The molecule has 3 aliphatic rings. The number of aliphatic hydroxyl groups excluding tert-OH is 1. The maximum Gasteiger partial charge on any atom is 0.407 e. The molecule has 8 rings (SSSR count). The van der Waals surface area contributed by atoms with Crippen LogP contribution in [0.25, 0.3) is 44.2 Å². The number of carbonyl (C=O) groups is 3. The van der Waals surface area contributed by atoms with Gasteiger partial charge >= 0.3 is 6.09 Å². The molecular weight excluding hydrogens is 793 g/mol. The zero-order valence-corrected chi connectivity index (χ0v) is 36.7. The van der Waals surface area contributed by atoms with E-state index in [1.807, 2.05) is 49.8 Å².